The van der Waals surface area contributed by atoms with E-state index in [0.29, 0.717) is 28.4 Å². The second-order valence-corrected chi connectivity index (χ2v) is 29.7. The second-order valence-electron chi connectivity index (χ2n) is 22.7. The van der Waals surface area contributed by atoms with Crippen molar-refractivity contribution in [3.05, 3.63) is 417 Å². The molecule has 18 rings (SSSR count). The topological polar surface area (TPSA) is 35.9 Å². The van der Waals surface area contributed by atoms with Crippen LogP contribution in [0.5, 0.6) is 11.5 Å². The Morgan fingerprint density at radius 2 is 0.905 bits per heavy atom. The second kappa shape index (κ2) is 28.5. The maximum absolute atomic E-state index is 11.7. The standard InChI is InChI=1S/C97H68N4OSi2.Pt/c1-70-61-96(98-68-90(70)73-37-15-4-16-38-73)101-91-56-30-29-55-87(91)88-59-58-79(67-93(88)101)102-78-41-32-40-77(66-78)99-69-100(92-60-57-74(64-94(92)99)71-33-11-2-12-34-71)97-89(75-39-31-54-86(62-75)103(80-42-17-5-18-43-80,81-44-19-6-20-45-81)82-46-21-7-22-47-82)63-76(72-35-13-3-14-36-72)65-95(97)104(83-48-23-8-24-49-83,84-50-25-9-26-51-84)85-52-27-10-28-53-85;/h2-65,68H,1H3;/q-2;/i1D3,2D,3D,4D,5D,6D,7D,8D,9D,10D,11D,12D,13D,14D,15D,16D,17D,18D,19D,20D,21D,22D,23D,24D,25D,26D,27D,28D,31D,33D,34D,35D,36D,37D,38D,39D,42D,43D,44D,45D,46D,47D,48D,49D,50D,51D,52D,53D,54D,62D;. The third-order valence-electron chi connectivity index (χ3n) is 17.2. The van der Waals surface area contributed by atoms with Crippen LogP contribution in [-0.2, 0) is 21.1 Å². The summed E-state index contributed by atoms with van der Waals surface area (Å²) in [6.45, 7) is -3.10. The first kappa shape index (κ1) is 30.1. The van der Waals surface area contributed by atoms with E-state index < -0.39 is 422 Å². The fourth-order valence-corrected chi connectivity index (χ4v) is 20.4. The van der Waals surface area contributed by atoms with Gasteiger partial charge in [0.1, 0.15) is 5.82 Å². The fraction of sp³-hybridized carbons (Fsp3) is 0.0103. The number of ether oxygens (including phenoxy) is 1. The summed E-state index contributed by atoms with van der Waals surface area (Å²) in [4.78, 5) is 4.65. The van der Waals surface area contributed by atoms with Gasteiger partial charge < -0.3 is 13.9 Å². The predicted octanol–water partition coefficient (Wildman–Crippen LogP) is 17.3. The van der Waals surface area contributed by atoms with Gasteiger partial charge in [0.25, 0.3) is 6.33 Å². The molecule has 0 bridgehead atoms. The van der Waals surface area contributed by atoms with Crippen LogP contribution < -0.4 is 50.8 Å². The van der Waals surface area contributed by atoms with E-state index in [1.807, 2.05) is 0 Å². The van der Waals surface area contributed by atoms with Crippen LogP contribution in [0.3, 0.4) is 0 Å². The van der Waals surface area contributed by atoms with Crippen molar-refractivity contribution >= 4 is 90.5 Å². The average Bonchev–Trinajstić information content (AvgIpc) is 1.24. The molecule has 0 N–H and O–H groups in total. The minimum atomic E-state index is -7.35. The summed E-state index contributed by atoms with van der Waals surface area (Å²) in [5.41, 5.74) is -9.60. The fourth-order valence-electron chi connectivity index (χ4n) is 12.8. The van der Waals surface area contributed by atoms with Gasteiger partial charge in [-0.1, -0.05) is 338 Å². The van der Waals surface area contributed by atoms with Gasteiger partial charge >= 0.3 is 0 Å². The quantitative estimate of drug-likeness (QED) is 0.0394. The van der Waals surface area contributed by atoms with Gasteiger partial charge in [0, 0.05) is 54.0 Å². The van der Waals surface area contributed by atoms with Crippen molar-refractivity contribution in [3.63, 3.8) is 0 Å². The van der Waals surface area contributed by atoms with E-state index in [-0.39, 0.29) is 55.0 Å². The number of rotatable bonds is 17. The summed E-state index contributed by atoms with van der Waals surface area (Å²) >= 11 is 0. The summed E-state index contributed by atoms with van der Waals surface area (Å²) in [6, 6.07) is -39.8. The molecule has 3 heterocycles. The largest absolute Gasteiger partial charge is 0.510 e. The van der Waals surface area contributed by atoms with E-state index in [9.17, 15) is 50.7 Å². The van der Waals surface area contributed by atoms with Crippen LogP contribution in [0, 0.1) is 25.3 Å². The molecule has 0 radical (unpaired) electrons. The van der Waals surface area contributed by atoms with Gasteiger partial charge in [0.15, 0.2) is 16.1 Å². The van der Waals surface area contributed by atoms with Gasteiger partial charge in [-0.05, 0) is 128 Å². The Morgan fingerprint density at radius 1 is 0.400 bits per heavy atom. The molecular formula is C97H68N4OPtSi2-2. The zero-order valence-corrected chi connectivity index (χ0v) is 57.5. The molecule has 105 heavy (non-hydrogen) atoms. The molecule has 15 aromatic carbocycles. The van der Waals surface area contributed by atoms with Crippen LogP contribution in [0.4, 0.5) is 0 Å². The number of para-hydroxylation sites is 1. The molecular weight excluding hydrogens is 1490 g/mol. The van der Waals surface area contributed by atoms with Gasteiger partial charge in [0.2, 0.25) is 0 Å². The van der Waals surface area contributed by atoms with Crippen LogP contribution in [0.1, 0.15) is 76.8 Å². The third-order valence-corrected chi connectivity index (χ3v) is 25.3. The number of benzene rings is 15. The molecule has 0 saturated carbocycles. The molecule has 0 amide bonds. The minimum Gasteiger partial charge on any atom is -0.510 e. The van der Waals surface area contributed by atoms with Crippen molar-refractivity contribution in [1.29, 1.82) is 0 Å². The first-order valence-corrected chi connectivity index (χ1v) is 35.1. The molecule has 0 saturated heterocycles. The predicted molar refractivity (Wildman–Crippen MR) is 434 cm³/mol. The van der Waals surface area contributed by atoms with E-state index >= 15 is 0 Å². The number of aromatic nitrogens is 4. The van der Waals surface area contributed by atoms with Gasteiger partial charge in [-0.15, -0.1) is 29.7 Å². The van der Waals surface area contributed by atoms with Crippen molar-refractivity contribution in [2.75, 3.05) is 0 Å². The van der Waals surface area contributed by atoms with Crippen LogP contribution in [-0.4, -0.2) is 30.3 Å². The van der Waals surface area contributed by atoms with Crippen molar-refractivity contribution in [2.45, 2.75) is 6.85 Å². The summed E-state index contributed by atoms with van der Waals surface area (Å²) in [5.74, 6) is -0.734. The maximum Gasteiger partial charge on any atom is 0.268 e. The first-order chi connectivity index (χ1) is 73.0. The molecule has 18 aromatic rings. The molecule has 3 aromatic heterocycles. The van der Waals surface area contributed by atoms with Gasteiger partial charge in [-0.3, -0.25) is 4.57 Å². The van der Waals surface area contributed by atoms with Crippen molar-refractivity contribution in [1.82, 2.24) is 14.1 Å². The molecule has 0 fully saturated rings. The Labute approximate surface area is 701 Å². The number of hydrogen-bond donors (Lipinski definition) is 0. The van der Waals surface area contributed by atoms with Crippen molar-refractivity contribution in [3.8, 4) is 73.2 Å². The van der Waals surface area contributed by atoms with Gasteiger partial charge in [-0.25, -0.2) is 4.98 Å². The number of hydrogen-bond acceptors (Lipinski definition) is 2. The maximum atomic E-state index is 11.7. The van der Waals surface area contributed by atoms with E-state index in [1.54, 1.807) is 30.3 Å². The SMILES string of the molecule is [2H]c1c([2H])c([2H])c(-c2cc(-c3c([2H])c([2H])c([2H])c([Si](c4c([2H])c([2H])c([2H])c([2H])c4[2H])(c4c([2H])c([2H])c([2H])c([2H])c4[2H])c4c([2H])c([2H])c([2H])c([2H])c4[2H])c3[2H])c(-[n+]3[c-]n(-c4[c-]c(Oc5[c-]c6c(cc5)c5ccccc5n6-c5cc(C([2H])([2H])[2H])c(-c6c([2H])c([2H])c([2H])c([2H])c6[2H])cn5)ccc4)c4cc(-c5c([2H])c([2H])c([2H])c([2H])c5[2H])ccc43)c([Si](c3c([2H])c([2H])c([2H])c([2H])c3[2H])(c3c([2H])c([2H])c([2H])c([2H])c3[2H])c3c([2H])c([2H])c([2H])c([2H])c3[2H])c2)c([2H])c1[2H].[Pt]. The monoisotopic (exact) mass is 1610 g/mol. The smallest absolute Gasteiger partial charge is 0.268 e. The zero-order chi connectivity index (χ0) is 115. The summed E-state index contributed by atoms with van der Waals surface area (Å²) in [5, 5.41) is -10.6. The van der Waals surface area contributed by atoms with Gasteiger partial charge in [-0.2, -0.15) is 18.2 Å². The Morgan fingerprint density at radius 3 is 1.48 bits per heavy atom. The molecule has 0 atom stereocenters. The zero-order valence-electron chi connectivity index (χ0n) is 105. The Bertz CT molecular complexity index is 8840. The van der Waals surface area contributed by atoms with E-state index in [2.05, 4.69) is 23.4 Å². The van der Waals surface area contributed by atoms with E-state index in [0.717, 1.165) is 39.6 Å². The Balaban J connectivity index is 0.0000166. The van der Waals surface area contributed by atoms with Crippen LogP contribution in [0.2, 0.25) is 0 Å². The number of fused-ring (bicyclic) bond motifs is 4. The van der Waals surface area contributed by atoms with Crippen molar-refractivity contribution < 1.29 is 102 Å². The van der Waals surface area contributed by atoms with Crippen LogP contribution in [0.25, 0.3) is 94.5 Å². The molecule has 8 heteroatoms. The van der Waals surface area contributed by atoms with E-state index in [1.165, 1.54) is 28.8 Å². The molecule has 0 aliphatic rings. The molecule has 0 unspecified atom stereocenters. The number of nitrogens with zero attached hydrogens (tertiary/aromatic N) is 4. The number of imidazole rings is 1. The average molecular weight is 1610 g/mol. The van der Waals surface area contributed by atoms with Crippen molar-refractivity contribution in [2.24, 2.45) is 0 Å². The summed E-state index contributed by atoms with van der Waals surface area (Å²) in [7, 11) is -14.5. The number of pyridine rings is 1. The van der Waals surface area contributed by atoms with Crippen LogP contribution in [0.15, 0.2) is 393 Å². The first-order valence-electron chi connectivity index (χ1n) is 57.1. The number of aryl methyl sites for hydroxylation is 1. The van der Waals surface area contributed by atoms with Gasteiger partial charge in [0.05, 0.1) is 83.9 Å². The molecule has 502 valence electrons. The minimum absolute atomic E-state index is 0. The third kappa shape index (κ3) is 11.8. The summed E-state index contributed by atoms with van der Waals surface area (Å²) < 4.78 is 513. The molecule has 0 aliphatic heterocycles. The Kier molecular flexibility index (Phi) is 8.17. The summed E-state index contributed by atoms with van der Waals surface area (Å²) in [6.07, 6.45) is 4.13. The normalized spacial score (nSPS) is 18.7. The van der Waals surface area contributed by atoms with E-state index in [4.69, 9.17) is 25.3 Å². The Hall–Kier alpha value is -12.4. The van der Waals surface area contributed by atoms with Crippen LogP contribution >= 0.6 is 0 Å². The molecule has 0 spiro atoms. The molecule has 5 nitrogen and oxygen atoms in total. The molecule has 0 aliphatic carbocycles.